The molecule has 5 heteroatoms. The van der Waals surface area contributed by atoms with Crippen molar-refractivity contribution in [2.75, 3.05) is 25.2 Å². The lowest BCUT2D eigenvalue weighted by Gasteiger charge is -2.04. The van der Waals surface area contributed by atoms with Gasteiger partial charge in [0, 0.05) is 24.3 Å². The molecule has 3 nitrogen and oxygen atoms in total. The number of carbonyl (C=O) groups excluding carboxylic acids is 1. The molecule has 102 valence electrons. The number of carbonyl (C=O) groups is 1. The predicted molar refractivity (Wildman–Crippen MR) is 75.7 cm³/mol. The monoisotopic (exact) mass is 281 g/mol. The van der Waals surface area contributed by atoms with E-state index in [-0.39, 0.29) is 23.6 Å². The Morgan fingerprint density at radius 3 is 2.95 bits per heavy atom. The fraction of sp³-hybridized carbons (Fsp3) is 0.357. The summed E-state index contributed by atoms with van der Waals surface area (Å²) < 4.78 is 13.7. The maximum Gasteiger partial charge on any atom is 0.251 e. The number of hydrogen-bond donors (Lipinski definition) is 2. The van der Waals surface area contributed by atoms with Gasteiger partial charge in [0.1, 0.15) is 5.82 Å². The molecule has 0 aliphatic heterocycles. The molecule has 1 amide bonds. The molecule has 0 saturated heterocycles. The molecule has 1 aromatic carbocycles. The fourth-order valence-electron chi connectivity index (χ4n) is 1.34. The van der Waals surface area contributed by atoms with Gasteiger partial charge in [-0.15, -0.1) is 0 Å². The van der Waals surface area contributed by atoms with Crippen LogP contribution in [0.15, 0.2) is 18.2 Å². The highest BCUT2D eigenvalue weighted by Gasteiger charge is 2.08. The Morgan fingerprint density at radius 2 is 2.32 bits per heavy atom. The SMILES string of the molecule is CSCCNC(=O)c1ccc(C#CCCO)c(F)c1. The minimum atomic E-state index is -0.525. The first-order valence-corrected chi connectivity index (χ1v) is 7.25. The van der Waals surface area contributed by atoms with Gasteiger partial charge in [-0.05, 0) is 24.5 Å². The van der Waals surface area contributed by atoms with Crippen molar-refractivity contribution in [3.63, 3.8) is 0 Å². The van der Waals surface area contributed by atoms with Crippen molar-refractivity contribution in [2.24, 2.45) is 0 Å². The molecule has 0 heterocycles. The molecular formula is C14H16FNO2S. The number of aliphatic hydroxyl groups excluding tert-OH is 1. The van der Waals surface area contributed by atoms with Crippen LogP contribution in [-0.2, 0) is 0 Å². The van der Waals surface area contributed by atoms with Gasteiger partial charge in [-0.25, -0.2) is 4.39 Å². The molecule has 0 radical (unpaired) electrons. The highest BCUT2D eigenvalue weighted by Crippen LogP contribution is 2.09. The van der Waals surface area contributed by atoms with Crippen LogP contribution in [0.5, 0.6) is 0 Å². The summed E-state index contributed by atoms with van der Waals surface area (Å²) in [5, 5.41) is 11.3. The molecule has 0 aliphatic carbocycles. The normalized spacial score (nSPS) is 9.63. The number of thioether (sulfide) groups is 1. The smallest absolute Gasteiger partial charge is 0.251 e. The molecule has 0 spiro atoms. The molecule has 1 rings (SSSR count). The number of rotatable bonds is 5. The second-order valence-corrected chi connectivity index (χ2v) is 4.70. The topological polar surface area (TPSA) is 49.3 Å². The Morgan fingerprint density at radius 1 is 1.53 bits per heavy atom. The van der Waals surface area contributed by atoms with E-state index in [4.69, 9.17) is 5.11 Å². The van der Waals surface area contributed by atoms with Crippen molar-refractivity contribution in [2.45, 2.75) is 6.42 Å². The second-order valence-electron chi connectivity index (χ2n) is 3.72. The summed E-state index contributed by atoms with van der Waals surface area (Å²) in [6, 6.07) is 4.20. The first-order valence-electron chi connectivity index (χ1n) is 5.85. The van der Waals surface area contributed by atoms with E-state index in [0.717, 1.165) is 5.75 Å². The Bertz CT molecular complexity index is 494. The lowest BCUT2D eigenvalue weighted by Crippen LogP contribution is -2.25. The first-order chi connectivity index (χ1) is 9.19. The van der Waals surface area contributed by atoms with Crippen LogP contribution >= 0.6 is 11.8 Å². The number of nitrogens with one attached hydrogen (secondary N) is 1. The summed E-state index contributed by atoms with van der Waals surface area (Å²) in [5.41, 5.74) is 0.514. The summed E-state index contributed by atoms with van der Waals surface area (Å²) >= 11 is 1.63. The van der Waals surface area contributed by atoms with Crippen molar-refractivity contribution >= 4 is 17.7 Å². The molecule has 0 aromatic heterocycles. The average Bonchev–Trinajstić information content (AvgIpc) is 2.41. The van der Waals surface area contributed by atoms with Crippen LogP contribution in [0.2, 0.25) is 0 Å². The lowest BCUT2D eigenvalue weighted by atomic mass is 10.1. The summed E-state index contributed by atoms with van der Waals surface area (Å²) in [6.07, 6.45) is 2.25. The second kappa shape index (κ2) is 8.57. The Labute approximate surface area is 116 Å². The van der Waals surface area contributed by atoms with Crippen molar-refractivity contribution in [3.05, 3.63) is 35.1 Å². The number of aliphatic hydroxyl groups is 1. The van der Waals surface area contributed by atoms with Crippen molar-refractivity contribution < 1.29 is 14.3 Å². The number of halogens is 1. The van der Waals surface area contributed by atoms with Gasteiger partial charge >= 0.3 is 0 Å². The third-order valence-electron chi connectivity index (χ3n) is 2.28. The largest absolute Gasteiger partial charge is 0.395 e. The summed E-state index contributed by atoms with van der Waals surface area (Å²) in [6.45, 7) is 0.504. The van der Waals surface area contributed by atoms with Crippen LogP contribution in [0.4, 0.5) is 4.39 Å². The molecular weight excluding hydrogens is 265 g/mol. The van der Waals surface area contributed by atoms with Gasteiger partial charge in [0.2, 0.25) is 0 Å². The van der Waals surface area contributed by atoms with Crippen LogP contribution in [0, 0.1) is 17.7 Å². The Balaban J connectivity index is 2.71. The van der Waals surface area contributed by atoms with E-state index in [1.807, 2.05) is 6.26 Å². The minimum absolute atomic E-state index is 0.0510. The molecule has 0 aliphatic rings. The highest BCUT2D eigenvalue weighted by molar-refractivity contribution is 7.98. The predicted octanol–water partition coefficient (Wildman–Crippen LogP) is 1.65. The van der Waals surface area contributed by atoms with Gasteiger partial charge in [-0.3, -0.25) is 4.79 Å². The zero-order chi connectivity index (χ0) is 14.1. The summed E-state index contributed by atoms with van der Waals surface area (Å²) in [4.78, 5) is 11.7. The van der Waals surface area contributed by atoms with Crippen molar-refractivity contribution in [1.82, 2.24) is 5.32 Å². The van der Waals surface area contributed by atoms with Crippen molar-refractivity contribution in [3.8, 4) is 11.8 Å². The Hall–Kier alpha value is -1.51. The van der Waals surface area contributed by atoms with Crippen LogP contribution in [0.3, 0.4) is 0 Å². The molecule has 0 bridgehead atoms. The standard InChI is InChI=1S/C14H16FNO2S/c1-19-9-7-16-14(18)12-6-5-11(13(15)10-12)4-2-3-8-17/h5-6,10,17H,3,7-9H2,1H3,(H,16,18). The maximum absolute atomic E-state index is 13.7. The summed E-state index contributed by atoms with van der Waals surface area (Å²) in [5.74, 6) is 5.26. The van der Waals surface area contributed by atoms with Gasteiger partial charge < -0.3 is 10.4 Å². The fourth-order valence-corrected chi connectivity index (χ4v) is 1.65. The minimum Gasteiger partial charge on any atom is -0.395 e. The van der Waals surface area contributed by atoms with Gasteiger partial charge in [-0.1, -0.05) is 11.8 Å². The van der Waals surface area contributed by atoms with Gasteiger partial charge in [0.25, 0.3) is 5.91 Å². The highest BCUT2D eigenvalue weighted by atomic mass is 32.2. The van der Waals surface area contributed by atoms with E-state index in [1.54, 1.807) is 17.8 Å². The zero-order valence-corrected chi connectivity index (χ0v) is 11.5. The van der Waals surface area contributed by atoms with E-state index < -0.39 is 5.82 Å². The lowest BCUT2D eigenvalue weighted by molar-refractivity contribution is 0.0955. The summed E-state index contributed by atoms with van der Waals surface area (Å²) in [7, 11) is 0. The zero-order valence-electron chi connectivity index (χ0n) is 10.7. The third kappa shape index (κ3) is 5.33. The molecule has 19 heavy (non-hydrogen) atoms. The third-order valence-corrected chi connectivity index (χ3v) is 2.90. The van der Waals surface area contributed by atoms with Gasteiger partial charge in [-0.2, -0.15) is 11.8 Å². The van der Waals surface area contributed by atoms with E-state index in [0.29, 0.717) is 13.0 Å². The van der Waals surface area contributed by atoms with Crippen molar-refractivity contribution in [1.29, 1.82) is 0 Å². The maximum atomic E-state index is 13.7. The van der Waals surface area contributed by atoms with Crippen LogP contribution in [0.1, 0.15) is 22.3 Å². The molecule has 2 N–H and O–H groups in total. The van der Waals surface area contributed by atoms with E-state index in [9.17, 15) is 9.18 Å². The van der Waals surface area contributed by atoms with Crippen LogP contribution in [-0.4, -0.2) is 36.2 Å². The molecule has 0 unspecified atom stereocenters. The average molecular weight is 281 g/mol. The number of hydrogen-bond acceptors (Lipinski definition) is 3. The Kier molecular flexibility index (Phi) is 7.01. The molecule has 1 aromatic rings. The first kappa shape index (κ1) is 15.5. The van der Waals surface area contributed by atoms with E-state index in [2.05, 4.69) is 17.2 Å². The molecule has 0 saturated carbocycles. The molecule has 0 atom stereocenters. The van der Waals surface area contributed by atoms with E-state index >= 15 is 0 Å². The number of amides is 1. The van der Waals surface area contributed by atoms with Crippen LogP contribution in [0.25, 0.3) is 0 Å². The van der Waals surface area contributed by atoms with Gasteiger partial charge in [0.05, 0.1) is 12.2 Å². The quantitative estimate of drug-likeness (QED) is 0.637. The number of benzene rings is 1. The molecule has 0 fully saturated rings. The van der Waals surface area contributed by atoms with Gasteiger partial charge in [0.15, 0.2) is 0 Å². The van der Waals surface area contributed by atoms with E-state index in [1.165, 1.54) is 12.1 Å². The van der Waals surface area contributed by atoms with Crippen LogP contribution < -0.4 is 5.32 Å².